The highest BCUT2D eigenvalue weighted by Crippen LogP contribution is 2.14. The van der Waals surface area contributed by atoms with Crippen LogP contribution in [0.15, 0.2) is 35.7 Å². The second-order valence-corrected chi connectivity index (χ2v) is 5.67. The number of hydrogen-bond donors (Lipinski definition) is 0. The largest absolute Gasteiger partial charge is 0.347 e. The monoisotopic (exact) mass is 335 g/mol. The van der Waals surface area contributed by atoms with Crippen molar-refractivity contribution in [1.29, 1.82) is 0 Å². The van der Waals surface area contributed by atoms with Crippen LogP contribution in [0.3, 0.4) is 0 Å². The molecule has 9 nitrogen and oxygen atoms in total. The maximum atomic E-state index is 12.1. The van der Waals surface area contributed by atoms with E-state index in [1.807, 2.05) is 0 Å². The molecule has 2 aromatic heterocycles. The zero-order valence-corrected chi connectivity index (χ0v) is 13.2. The molecule has 0 unspecified atom stereocenters. The van der Waals surface area contributed by atoms with Gasteiger partial charge in [-0.25, -0.2) is 0 Å². The molecule has 0 atom stereocenters. The van der Waals surface area contributed by atoms with E-state index in [0.29, 0.717) is 5.56 Å². The number of rotatable bonds is 4. The van der Waals surface area contributed by atoms with Gasteiger partial charge < -0.3 is 9.47 Å². The summed E-state index contributed by atoms with van der Waals surface area (Å²) < 4.78 is 1.30. The van der Waals surface area contributed by atoms with Crippen LogP contribution < -0.4 is 4.80 Å². The molecule has 0 aliphatic heterocycles. The Balaban J connectivity index is 2.43. The van der Waals surface area contributed by atoms with Crippen LogP contribution in [0.5, 0.6) is 0 Å². The molecule has 10 heteroatoms. The third-order valence-corrected chi connectivity index (χ3v) is 3.79. The Morgan fingerprint density at radius 1 is 1.39 bits per heavy atom. The van der Waals surface area contributed by atoms with Crippen molar-refractivity contribution in [1.82, 2.24) is 14.5 Å². The molecule has 0 aliphatic carbocycles. The van der Waals surface area contributed by atoms with E-state index in [1.165, 1.54) is 40.2 Å². The molecule has 0 radical (unpaired) electrons. The summed E-state index contributed by atoms with van der Waals surface area (Å²) in [6, 6.07) is 2.98. The lowest BCUT2D eigenvalue weighted by atomic mass is 10.3. The Morgan fingerprint density at radius 3 is 2.61 bits per heavy atom. The fourth-order valence-electron chi connectivity index (χ4n) is 1.58. The second-order valence-electron chi connectivity index (χ2n) is 4.68. The van der Waals surface area contributed by atoms with E-state index in [9.17, 15) is 19.7 Å². The number of thiazole rings is 1. The summed E-state index contributed by atoms with van der Waals surface area (Å²) in [6.07, 6.45) is 4.09. The number of aromatic nitrogens is 2. The van der Waals surface area contributed by atoms with E-state index in [0.717, 1.165) is 11.3 Å². The summed E-state index contributed by atoms with van der Waals surface area (Å²) in [7, 11) is 3.14. The Bertz CT molecular complexity index is 809. The summed E-state index contributed by atoms with van der Waals surface area (Å²) >= 11 is 0.734. The van der Waals surface area contributed by atoms with Gasteiger partial charge in [-0.15, -0.1) is 0 Å². The Labute approximate surface area is 134 Å². The SMILES string of the molecule is CN(C)C(=O)Cn1cc([N+](=O)[O-])sc1=NC(=O)c1ccncc1. The first-order chi connectivity index (χ1) is 10.9. The van der Waals surface area contributed by atoms with Gasteiger partial charge in [0.1, 0.15) is 6.54 Å². The summed E-state index contributed by atoms with van der Waals surface area (Å²) in [6.45, 7) is -0.139. The molecule has 0 fully saturated rings. The van der Waals surface area contributed by atoms with Crippen molar-refractivity contribution in [3.05, 3.63) is 51.2 Å². The zero-order valence-electron chi connectivity index (χ0n) is 12.4. The van der Waals surface area contributed by atoms with Crippen molar-refractivity contribution in [2.24, 2.45) is 4.99 Å². The van der Waals surface area contributed by atoms with E-state index in [2.05, 4.69) is 9.98 Å². The summed E-state index contributed by atoms with van der Waals surface area (Å²) in [5, 5.41) is 10.7. The standard InChI is InChI=1S/C13H13N5O4S/c1-16(2)10(19)7-17-8-11(18(21)22)23-13(17)15-12(20)9-3-5-14-6-4-9/h3-6,8H,7H2,1-2H3. The third kappa shape index (κ3) is 4.07. The highest BCUT2D eigenvalue weighted by molar-refractivity contribution is 7.12. The Kier molecular flexibility index (Phi) is 4.96. The molecular weight excluding hydrogens is 322 g/mol. The van der Waals surface area contributed by atoms with Gasteiger partial charge in [0, 0.05) is 32.1 Å². The number of hydrogen-bond acceptors (Lipinski definition) is 6. The molecular formula is C13H13N5O4S. The zero-order chi connectivity index (χ0) is 17.0. The minimum atomic E-state index is -0.586. The molecule has 23 heavy (non-hydrogen) atoms. The molecule has 0 aliphatic rings. The van der Waals surface area contributed by atoms with Crippen molar-refractivity contribution in [3.63, 3.8) is 0 Å². The molecule has 2 heterocycles. The van der Waals surface area contributed by atoms with Crippen LogP contribution in [0.2, 0.25) is 0 Å². The van der Waals surface area contributed by atoms with E-state index in [4.69, 9.17) is 0 Å². The van der Waals surface area contributed by atoms with Gasteiger partial charge in [0.15, 0.2) is 4.80 Å². The van der Waals surface area contributed by atoms with E-state index in [1.54, 1.807) is 14.1 Å². The molecule has 0 saturated carbocycles. The number of likely N-dealkylation sites (N-methyl/N-ethyl adjacent to an activating group) is 1. The van der Waals surface area contributed by atoms with Gasteiger partial charge in [-0.05, 0) is 23.5 Å². The highest BCUT2D eigenvalue weighted by atomic mass is 32.1. The fourth-order valence-corrected chi connectivity index (χ4v) is 2.39. The van der Waals surface area contributed by atoms with Gasteiger partial charge in [-0.1, -0.05) is 0 Å². The molecule has 0 N–H and O–H groups in total. The lowest BCUT2D eigenvalue weighted by Gasteiger charge is -2.09. The second kappa shape index (κ2) is 6.92. The van der Waals surface area contributed by atoms with Crippen molar-refractivity contribution in [2.75, 3.05) is 14.1 Å². The summed E-state index contributed by atoms with van der Waals surface area (Å²) in [5.41, 5.74) is 0.307. The van der Waals surface area contributed by atoms with Crippen molar-refractivity contribution < 1.29 is 14.5 Å². The van der Waals surface area contributed by atoms with Crippen LogP contribution in [0.4, 0.5) is 5.00 Å². The maximum Gasteiger partial charge on any atom is 0.343 e. The maximum absolute atomic E-state index is 12.1. The number of nitrogens with zero attached hydrogens (tertiary/aromatic N) is 5. The van der Waals surface area contributed by atoms with E-state index >= 15 is 0 Å². The predicted molar refractivity (Wildman–Crippen MR) is 81.8 cm³/mol. The lowest BCUT2D eigenvalue weighted by Crippen LogP contribution is -2.30. The minimum absolute atomic E-state index is 0.0914. The third-order valence-electron chi connectivity index (χ3n) is 2.82. The molecule has 2 aromatic rings. The van der Waals surface area contributed by atoms with Crippen molar-refractivity contribution >= 4 is 28.2 Å². The van der Waals surface area contributed by atoms with Crippen LogP contribution in [0.1, 0.15) is 10.4 Å². The number of nitro groups is 1. The smallest absolute Gasteiger partial charge is 0.343 e. The van der Waals surface area contributed by atoms with Gasteiger partial charge in [-0.2, -0.15) is 4.99 Å². The van der Waals surface area contributed by atoms with E-state index < -0.39 is 10.8 Å². The minimum Gasteiger partial charge on any atom is -0.347 e. The van der Waals surface area contributed by atoms with Crippen LogP contribution in [-0.4, -0.2) is 45.3 Å². The van der Waals surface area contributed by atoms with Gasteiger partial charge in [-0.3, -0.25) is 24.7 Å². The van der Waals surface area contributed by atoms with E-state index in [-0.39, 0.29) is 22.3 Å². The van der Waals surface area contributed by atoms with Crippen molar-refractivity contribution in [3.8, 4) is 0 Å². The highest BCUT2D eigenvalue weighted by Gasteiger charge is 2.16. The normalized spacial score (nSPS) is 11.3. The first-order valence-electron chi connectivity index (χ1n) is 6.42. The summed E-state index contributed by atoms with van der Waals surface area (Å²) in [5.74, 6) is -0.828. The Morgan fingerprint density at radius 2 is 2.04 bits per heavy atom. The average molecular weight is 335 g/mol. The molecule has 0 aromatic carbocycles. The van der Waals surface area contributed by atoms with Crippen LogP contribution in [0.25, 0.3) is 0 Å². The molecule has 2 amide bonds. The Hall–Kier alpha value is -2.88. The molecule has 2 rings (SSSR count). The van der Waals surface area contributed by atoms with Gasteiger partial charge in [0.05, 0.1) is 11.1 Å². The topological polar surface area (TPSA) is 111 Å². The van der Waals surface area contributed by atoms with Crippen LogP contribution >= 0.6 is 11.3 Å². The van der Waals surface area contributed by atoms with Gasteiger partial charge in [0.2, 0.25) is 5.91 Å². The molecule has 0 bridgehead atoms. The fraction of sp³-hybridized carbons (Fsp3) is 0.231. The average Bonchev–Trinajstić information content (AvgIpc) is 2.91. The lowest BCUT2D eigenvalue weighted by molar-refractivity contribution is -0.380. The van der Waals surface area contributed by atoms with Crippen LogP contribution in [-0.2, 0) is 11.3 Å². The molecule has 0 spiro atoms. The first-order valence-corrected chi connectivity index (χ1v) is 7.24. The molecule has 0 saturated heterocycles. The predicted octanol–water partition coefficient (Wildman–Crippen LogP) is 0.682. The number of pyridine rings is 1. The molecule has 120 valence electrons. The van der Waals surface area contributed by atoms with Crippen LogP contribution in [0, 0.1) is 10.1 Å². The first kappa shape index (κ1) is 16.5. The number of amides is 2. The quantitative estimate of drug-likeness (QED) is 0.602. The van der Waals surface area contributed by atoms with Crippen molar-refractivity contribution in [2.45, 2.75) is 6.54 Å². The number of carbonyl (C=O) groups is 2. The number of carbonyl (C=O) groups excluding carboxylic acids is 2. The van der Waals surface area contributed by atoms with Gasteiger partial charge in [0.25, 0.3) is 5.91 Å². The summed E-state index contributed by atoms with van der Waals surface area (Å²) in [4.78, 5) is 43.4. The van der Waals surface area contributed by atoms with Gasteiger partial charge >= 0.3 is 5.00 Å².